The minimum atomic E-state index is 0. The lowest BCUT2D eigenvalue weighted by molar-refractivity contribution is -0.0985. The molecule has 1 saturated heterocycles. The highest BCUT2D eigenvalue weighted by atomic mass is 127. The van der Waals surface area contributed by atoms with Gasteiger partial charge in [-0.05, 0) is 30.5 Å². The van der Waals surface area contributed by atoms with Crippen molar-refractivity contribution in [1.29, 1.82) is 0 Å². The number of nitrogens with one attached hydrogen (secondary N) is 1. The molecule has 4 nitrogen and oxygen atoms in total. The number of guanidine groups is 1. The Hall–Kier alpha value is -0.820. The highest BCUT2D eigenvalue weighted by Gasteiger charge is 2.59. The van der Waals surface area contributed by atoms with Crippen LogP contribution in [0.4, 0.5) is 5.69 Å². The summed E-state index contributed by atoms with van der Waals surface area (Å²) in [5.41, 5.74) is 8.48. The number of benzene rings is 1. The Labute approximate surface area is 149 Å². The van der Waals surface area contributed by atoms with Gasteiger partial charge < -0.3 is 15.8 Å². The second-order valence-corrected chi connectivity index (χ2v) is 6.70. The van der Waals surface area contributed by atoms with Crippen molar-refractivity contribution in [3.63, 3.8) is 0 Å². The van der Waals surface area contributed by atoms with Crippen molar-refractivity contribution in [2.45, 2.75) is 45.8 Å². The van der Waals surface area contributed by atoms with Gasteiger partial charge in [0, 0.05) is 23.6 Å². The van der Waals surface area contributed by atoms with E-state index >= 15 is 0 Å². The number of hydrogen-bond donors (Lipinski definition) is 2. The molecule has 122 valence electrons. The largest absolute Gasteiger partial charge is 0.377 e. The fourth-order valence-corrected chi connectivity index (χ4v) is 3.71. The van der Waals surface area contributed by atoms with Crippen LogP contribution in [-0.4, -0.2) is 24.7 Å². The quantitative estimate of drug-likeness (QED) is 0.452. The Balaban J connectivity index is 0.00000176. The van der Waals surface area contributed by atoms with Gasteiger partial charge in [0.25, 0.3) is 0 Å². The van der Waals surface area contributed by atoms with Gasteiger partial charge in [-0.15, -0.1) is 24.0 Å². The van der Waals surface area contributed by atoms with Crippen molar-refractivity contribution in [2.24, 2.45) is 22.1 Å². The first kappa shape index (κ1) is 17.5. The summed E-state index contributed by atoms with van der Waals surface area (Å²) >= 11 is 0. The lowest BCUT2D eigenvalue weighted by Crippen LogP contribution is -2.59. The molecule has 1 saturated carbocycles. The summed E-state index contributed by atoms with van der Waals surface area (Å²) < 4.78 is 5.79. The fraction of sp³-hybridized carbons (Fsp3) is 0.588. The number of aryl methyl sites for hydroxylation is 1. The van der Waals surface area contributed by atoms with Crippen molar-refractivity contribution in [3.8, 4) is 0 Å². The maximum Gasteiger partial charge on any atom is 0.193 e. The van der Waals surface area contributed by atoms with Gasteiger partial charge in [0.15, 0.2) is 5.96 Å². The van der Waals surface area contributed by atoms with E-state index < -0.39 is 0 Å². The number of rotatable bonds is 3. The van der Waals surface area contributed by atoms with E-state index in [0.29, 0.717) is 18.0 Å². The monoisotopic (exact) mass is 415 g/mol. The number of nitrogens with two attached hydrogens (primary N) is 1. The molecule has 1 aromatic carbocycles. The molecule has 3 unspecified atom stereocenters. The molecule has 0 radical (unpaired) electrons. The summed E-state index contributed by atoms with van der Waals surface area (Å²) in [5.74, 6) is 1.03. The highest BCUT2D eigenvalue weighted by molar-refractivity contribution is 14.0. The van der Waals surface area contributed by atoms with Crippen LogP contribution in [0.3, 0.4) is 0 Å². The molecule has 0 amide bonds. The normalized spacial score (nSPS) is 29.2. The SMILES string of the molecule is CCc1ccc(NC(N)=NC2C3CCOC3C2(C)C)cc1.I. The molecule has 0 aromatic heterocycles. The predicted molar refractivity (Wildman–Crippen MR) is 102 cm³/mol. The summed E-state index contributed by atoms with van der Waals surface area (Å²) in [6, 6.07) is 8.59. The van der Waals surface area contributed by atoms with Gasteiger partial charge in [0.2, 0.25) is 0 Å². The lowest BCUT2D eigenvalue weighted by Gasteiger charge is -2.52. The minimum absolute atomic E-state index is 0. The Bertz CT molecular complexity index is 541. The Morgan fingerprint density at radius 1 is 1.36 bits per heavy atom. The first-order valence-electron chi connectivity index (χ1n) is 7.83. The molecule has 1 heterocycles. The van der Waals surface area contributed by atoms with Crippen LogP contribution in [-0.2, 0) is 11.2 Å². The summed E-state index contributed by atoms with van der Waals surface area (Å²) in [6.07, 6.45) is 2.49. The van der Waals surface area contributed by atoms with Crippen LogP contribution in [0.15, 0.2) is 29.3 Å². The zero-order valence-electron chi connectivity index (χ0n) is 13.5. The van der Waals surface area contributed by atoms with E-state index in [2.05, 4.69) is 50.4 Å². The molecule has 22 heavy (non-hydrogen) atoms. The first-order valence-corrected chi connectivity index (χ1v) is 7.83. The van der Waals surface area contributed by atoms with Crippen molar-refractivity contribution < 1.29 is 4.74 Å². The van der Waals surface area contributed by atoms with E-state index in [1.54, 1.807) is 0 Å². The average molecular weight is 415 g/mol. The molecular formula is C17H26IN3O. The van der Waals surface area contributed by atoms with Gasteiger partial charge in [0.05, 0.1) is 12.1 Å². The van der Waals surface area contributed by atoms with Gasteiger partial charge in [-0.25, -0.2) is 4.99 Å². The van der Waals surface area contributed by atoms with E-state index in [-0.39, 0.29) is 35.4 Å². The smallest absolute Gasteiger partial charge is 0.193 e. The predicted octanol–water partition coefficient (Wildman–Crippen LogP) is 3.41. The molecule has 3 rings (SSSR count). The Morgan fingerprint density at radius 2 is 2.05 bits per heavy atom. The van der Waals surface area contributed by atoms with Gasteiger partial charge in [-0.1, -0.05) is 32.9 Å². The second-order valence-electron chi connectivity index (χ2n) is 6.70. The molecule has 1 aliphatic heterocycles. The van der Waals surface area contributed by atoms with Crippen LogP contribution in [0.1, 0.15) is 32.8 Å². The topological polar surface area (TPSA) is 59.6 Å². The molecule has 0 bridgehead atoms. The van der Waals surface area contributed by atoms with E-state index in [1.807, 2.05) is 0 Å². The number of ether oxygens (including phenoxy) is 1. The maximum atomic E-state index is 6.09. The molecule has 2 aliphatic rings. The number of hydrogen-bond acceptors (Lipinski definition) is 2. The summed E-state index contributed by atoms with van der Waals surface area (Å²) in [4.78, 5) is 4.72. The van der Waals surface area contributed by atoms with Crippen LogP contribution >= 0.6 is 24.0 Å². The number of anilines is 1. The van der Waals surface area contributed by atoms with Crippen LogP contribution in [0.2, 0.25) is 0 Å². The van der Waals surface area contributed by atoms with Crippen molar-refractivity contribution >= 4 is 35.6 Å². The van der Waals surface area contributed by atoms with Crippen LogP contribution < -0.4 is 11.1 Å². The molecule has 5 heteroatoms. The van der Waals surface area contributed by atoms with Crippen molar-refractivity contribution in [2.75, 3.05) is 11.9 Å². The third-order valence-corrected chi connectivity index (χ3v) is 4.95. The third-order valence-electron chi connectivity index (χ3n) is 4.95. The zero-order chi connectivity index (χ0) is 15.0. The van der Waals surface area contributed by atoms with Crippen LogP contribution in [0.25, 0.3) is 0 Å². The second kappa shape index (κ2) is 6.74. The van der Waals surface area contributed by atoms with Gasteiger partial charge in [-0.3, -0.25) is 0 Å². The van der Waals surface area contributed by atoms with Gasteiger partial charge in [-0.2, -0.15) is 0 Å². The summed E-state index contributed by atoms with van der Waals surface area (Å²) in [6.45, 7) is 7.45. The molecule has 3 atom stereocenters. The van der Waals surface area contributed by atoms with Gasteiger partial charge >= 0.3 is 0 Å². The lowest BCUT2D eigenvalue weighted by atomic mass is 9.57. The summed E-state index contributed by atoms with van der Waals surface area (Å²) in [7, 11) is 0. The van der Waals surface area contributed by atoms with E-state index in [1.165, 1.54) is 5.56 Å². The molecule has 3 N–H and O–H groups in total. The zero-order valence-corrected chi connectivity index (χ0v) is 15.8. The summed E-state index contributed by atoms with van der Waals surface area (Å²) in [5, 5.41) is 3.20. The third kappa shape index (κ3) is 3.11. The van der Waals surface area contributed by atoms with Crippen LogP contribution in [0, 0.1) is 11.3 Å². The minimum Gasteiger partial charge on any atom is -0.377 e. The number of halogens is 1. The van der Waals surface area contributed by atoms with Gasteiger partial charge in [0.1, 0.15) is 0 Å². The van der Waals surface area contributed by atoms with Crippen LogP contribution in [0.5, 0.6) is 0 Å². The molecule has 1 aromatic rings. The average Bonchev–Trinajstić information content (AvgIpc) is 2.93. The molecule has 1 aliphatic carbocycles. The Morgan fingerprint density at radius 3 is 2.68 bits per heavy atom. The van der Waals surface area contributed by atoms with Crippen molar-refractivity contribution in [1.82, 2.24) is 0 Å². The molecule has 2 fully saturated rings. The first-order chi connectivity index (χ1) is 10.0. The Kier molecular flexibility index (Phi) is 5.37. The molecule has 0 spiro atoms. The van der Waals surface area contributed by atoms with E-state index in [0.717, 1.165) is 25.1 Å². The van der Waals surface area contributed by atoms with E-state index in [9.17, 15) is 0 Å². The van der Waals surface area contributed by atoms with E-state index in [4.69, 9.17) is 15.5 Å². The fourth-order valence-electron chi connectivity index (χ4n) is 3.71. The number of aliphatic imine (C=N–C) groups is 1. The standard InChI is InChI=1S/C17H25N3O.HI/c1-4-11-5-7-12(8-6-11)19-16(18)20-14-13-9-10-21-15(13)17(14,2)3;/h5-8,13-15H,4,9-10H2,1-3H3,(H3,18,19,20);1H. The molecular weight excluding hydrogens is 389 g/mol. The number of fused-ring (bicyclic) bond motifs is 1. The van der Waals surface area contributed by atoms with Crippen molar-refractivity contribution in [3.05, 3.63) is 29.8 Å². The maximum absolute atomic E-state index is 6.09. The highest BCUT2D eigenvalue weighted by Crippen LogP contribution is 2.53. The number of nitrogens with zero attached hydrogens (tertiary/aromatic N) is 1.